The summed E-state index contributed by atoms with van der Waals surface area (Å²) in [4.78, 5) is 54.0. The van der Waals surface area contributed by atoms with Crippen LogP contribution in [0.15, 0.2) is 45.2 Å². The second-order valence-electron chi connectivity index (χ2n) is 13.2. The first-order chi connectivity index (χ1) is 22.3. The lowest BCUT2D eigenvalue weighted by atomic mass is 10.00. The van der Waals surface area contributed by atoms with Crippen molar-refractivity contribution in [2.75, 3.05) is 19.0 Å². The molecule has 2 heterocycles. The summed E-state index contributed by atoms with van der Waals surface area (Å²) < 4.78 is 43.3. The molecule has 5 atom stereocenters. The third-order valence-electron chi connectivity index (χ3n) is 6.74. The Morgan fingerprint density at radius 1 is 1.19 bits per heavy atom. The molecule has 2 aromatic rings. The molecule has 18 heteroatoms. The van der Waals surface area contributed by atoms with Gasteiger partial charge in [0, 0.05) is 34.3 Å². The van der Waals surface area contributed by atoms with Gasteiger partial charge in [-0.3, -0.25) is 33.0 Å². The molecule has 0 amide bonds. The summed E-state index contributed by atoms with van der Waals surface area (Å²) in [6, 6.07) is 4.54. The molecular formula is C30H43N6O10PS. The zero-order chi connectivity index (χ0) is 35.9. The Kier molecular flexibility index (Phi) is 13.3. The van der Waals surface area contributed by atoms with Crippen LogP contribution in [0, 0.1) is 12.3 Å². The standard InChI is InChI=1S/C30H43N6O10PS/c1-18-16-36(28(40)33-25(18)37)24-15-22(34-35-32)23(44-24)17-43-47(41,42-12-13-48-27(39)29(2,3)4)46-20-10-8-19(9-11-20)14-21(31)26(38)45-30(5,6)7/h8-11,16,21-24H,12-15,17,31H2,1-7H3,(H,33,37,40)/t21-,22+,23-,24-,47?/m1/s1. The van der Waals surface area contributed by atoms with Crippen LogP contribution in [0.4, 0.5) is 0 Å². The summed E-state index contributed by atoms with van der Waals surface area (Å²) in [5.74, 6) is -0.280. The predicted octanol–water partition coefficient (Wildman–Crippen LogP) is 4.55. The molecule has 16 nitrogen and oxygen atoms in total. The Morgan fingerprint density at radius 2 is 1.85 bits per heavy atom. The van der Waals surface area contributed by atoms with Crippen LogP contribution in [-0.2, 0) is 39.1 Å². The molecule has 48 heavy (non-hydrogen) atoms. The molecule has 1 aliphatic heterocycles. The lowest BCUT2D eigenvalue weighted by molar-refractivity contribution is -0.156. The number of hydrogen-bond acceptors (Lipinski definition) is 13. The van der Waals surface area contributed by atoms with Crippen molar-refractivity contribution >= 4 is 30.7 Å². The molecular weight excluding hydrogens is 667 g/mol. The highest BCUT2D eigenvalue weighted by molar-refractivity contribution is 8.13. The number of ether oxygens (including phenoxy) is 2. The third-order valence-corrected chi connectivity index (χ3v) is 9.39. The number of phosphoric acid groups is 1. The van der Waals surface area contributed by atoms with Crippen molar-refractivity contribution < 1.29 is 37.2 Å². The van der Waals surface area contributed by atoms with Crippen LogP contribution >= 0.6 is 19.6 Å². The summed E-state index contributed by atoms with van der Waals surface area (Å²) in [7, 11) is -4.39. The van der Waals surface area contributed by atoms with Crippen LogP contribution in [0.2, 0.25) is 0 Å². The number of thioether (sulfide) groups is 1. The van der Waals surface area contributed by atoms with Gasteiger partial charge in [-0.2, -0.15) is 0 Å². The van der Waals surface area contributed by atoms with Crippen LogP contribution < -0.4 is 21.5 Å². The van der Waals surface area contributed by atoms with Crippen molar-refractivity contribution in [1.82, 2.24) is 9.55 Å². The number of aryl methyl sites for hydroxylation is 1. The Hall–Kier alpha value is -3.43. The fourth-order valence-corrected chi connectivity index (χ4v) is 6.42. The smallest absolute Gasteiger partial charge is 0.459 e. The fraction of sp³-hybridized carbons (Fsp3) is 0.600. The number of azide groups is 1. The monoisotopic (exact) mass is 710 g/mol. The van der Waals surface area contributed by atoms with Gasteiger partial charge in [0.05, 0.1) is 25.4 Å². The lowest BCUT2D eigenvalue weighted by Crippen LogP contribution is -2.38. The number of aromatic nitrogens is 2. The van der Waals surface area contributed by atoms with E-state index in [1.807, 2.05) is 0 Å². The van der Waals surface area contributed by atoms with Crippen molar-refractivity contribution in [3.8, 4) is 5.75 Å². The van der Waals surface area contributed by atoms with Gasteiger partial charge in [0.1, 0.15) is 23.6 Å². The maximum absolute atomic E-state index is 13.9. The number of H-pyrrole nitrogens is 1. The molecule has 264 valence electrons. The van der Waals surface area contributed by atoms with E-state index in [0.29, 0.717) is 5.56 Å². The quantitative estimate of drug-likeness (QED) is 0.0687. The van der Waals surface area contributed by atoms with Crippen molar-refractivity contribution in [2.24, 2.45) is 16.3 Å². The molecule has 3 N–H and O–H groups in total. The molecule has 1 aromatic heterocycles. The van der Waals surface area contributed by atoms with Crippen LogP contribution in [0.5, 0.6) is 5.75 Å². The number of benzene rings is 1. The van der Waals surface area contributed by atoms with Crippen molar-refractivity contribution in [2.45, 2.75) is 91.3 Å². The minimum atomic E-state index is -4.39. The predicted molar refractivity (Wildman–Crippen MR) is 179 cm³/mol. The second-order valence-corrected chi connectivity index (χ2v) is 15.8. The van der Waals surface area contributed by atoms with Crippen molar-refractivity contribution in [3.05, 3.63) is 72.9 Å². The molecule has 1 aromatic carbocycles. The van der Waals surface area contributed by atoms with Crippen molar-refractivity contribution in [3.63, 3.8) is 0 Å². The van der Waals surface area contributed by atoms with Crippen LogP contribution in [0.3, 0.4) is 0 Å². The van der Waals surface area contributed by atoms with E-state index in [-0.39, 0.29) is 41.6 Å². The van der Waals surface area contributed by atoms with E-state index in [4.69, 9.17) is 34.3 Å². The van der Waals surface area contributed by atoms with E-state index in [1.165, 1.54) is 29.8 Å². The molecule has 1 fully saturated rings. The molecule has 1 aliphatic rings. The van der Waals surface area contributed by atoms with Crippen LogP contribution in [0.1, 0.15) is 65.3 Å². The number of carbonyl (C=O) groups excluding carboxylic acids is 2. The first-order valence-corrected chi connectivity index (χ1v) is 17.6. The number of nitrogens with zero attached hydrogens (tertiary/aromatic N) is 4. The number of aromatic amines is 1. The zero-order valence-electron chi connectivity index (χ0n) is 28.0. The van der Waals surface area contributed by atoms with Gasteiger partial charge in [-0.25, -0.2) is 9.36 Å². The Morgan fingerprint density at radius 3 is 2.46 bits per heavy atom. The molecule has 0 bridgehead atoms. The summed E-state index contributed by atoms with van der Waals surface area (Å²) in [6.45, 7) is 11.5. The number of phosphoric ester groups is 1. The first kappa shape index (κ1) is 39.0. The Labute approximate surface area is 282 Å². The topological polar surface area (TPSA) is 227 Å². The Bertz CT molecular complexity index is 1660. The molecule has 1 saturated heterocycles. The van der Waals surface area contributed by atoms with Gasteiger partial charge >= 0.3 is 19.5 Å². The normalized spacial score (nSPS) is 20.0. The van der Waals surface area contributed by atoms with Crippen LogP contribution in [0.25, 0.3) is 10.4 Å². The number of hydrogen-bond donors (Lipinski definition) is 2. The largest absolute Gasteiger partial charge is 0.530 e. The number of carbonyl (C=O) groups is 2. The Balaban J connectivity index is 1.75. The number of esters is 1. The maximum Gasteiger partial charge on any atom is 0.530 e. The molecule has 3 rings (SSSR count). The highest BCUT2D eigenvalue weighted by Crippen LogP contribution is 2.50. The lowest BCUT2D eigenvalue weighted by Gasteiger charge is -2.23. The molecule has 0 radical (unpaired) electrons. The highest BCUT2D eigenvalue weighted by Gasteiger charge is 2.40. The van der Waals surface area contributed by atoms with Crippen LogP contribution in [-0.4, -0.2) is 63.4 Å². The number of rotatable bonds is 14. The van der Waals surface area contributed by atoms with Gasteiger partial charge in [-0.1, -0.05) is 49.8 Å². The zero-order valence-corrected chi connectivity index (χ0v) is 29.7. The van der Waals surface area contributed by atoms with Gasteiger partial charge < -0.3 is 19.7 Å². The molecule has 0 saturated carbocycles. The van der Waals surface area contributed by atoms with E-state index in [1.54, 1.807) is 53.7 Å². The van der Waals surface area contributed by atoms with Gasteiger partial charge in [0.2, 0.25) is 0 Å². The van der Waals surface area contributed by atoms with E-state index in [0.717, 1.165) is 11.8 Å². The second kappa shape index (κ2) is 16.3. The van der Waals surface area contributed by atoms with E-state index < -0.39 is 67.1 Å². The average molecular weight is 711 g/mol. The SMILES string of the molecule is Cc1cn([C@H]2C[C@H](N=[N+]=[N-])[C@@H](COP(=O)(OCCSC(=O)C(C)(C)C)Oc3ccc(C[C@@H](N)C(=O)OC(C)(C)C)cc3)O2)c(=O)[nH]c1=O. The van der Waals surface area contributed by atoms with Crippen molar-refractivity contribution in [1.29, 1.82) is 0 Å². The number of nitrogens with two attached hydrogens (primary N) is 1. The summed E-state index contributed by atoms with van der Waals surface area (Å²) in [5.41, 5.74) is 13.6. The van der Waals surface area contributed by atoms with Gasteiger partial charge in [0.15, 0.2) is 5.12 Å². The first-order valence-electron chi connectivity index (χ1n) is 15.2. The van der Waals surface area contributed by atoms with E-state index in [2.05, 4.69) is 15.0 Å². The molecule has 0 spiro atoms. The third kappa shape index (κ3) is 11.6. The molecule has 0 aliphatic carbocycles. The van der Waals surface area contributed by atoms with E-state index >= 15 is 0 Å². The van der Waals surface area contributed by atoms with Gasteiger partial charge in [0.25, 0.3) is 5.56 Å². The summed E-state index contributed by atoms with van der Waals surface area (Å²) in [5, 5.41) is 3.67. The van der Waals surface area contributed by atoms with Gasteiger partial charge in [-0.15, -0.1) is 0 Å². The van der Waals surface area contributed by atoms with E-state index in [9.17, 15) is 23.7 Å². The number of nitrogens with one attached hydrogen (secondary N) is 1. The summed E-state index contributed by atoms with van der Waals surface area (Å²) in [6.07, 6.45) is -0.317. The highest BCUT2D eigenvalue weighted by atomic mass is 32.2. The van der Waals surface area contributed by atoms with Gasteiger partial charge in [-0.05, 0) is 57.3 Å². The summed E-state index contributed by atoms with van der Waals surface area (Å²) >= 11 is 1.01. The minimum Gasteiger partial charge on any atom is -0.459 e. The fourth-order valence-electron chi connectivity index (χ4n) is 4.31. The molecule has 1 unspecified atom stereocenters. The maximum atomic E-state index is 13.9. The minimum absolute atomic E-state index is 0.0634. The average Bonchev–Trinajstić information content (AvgIpc) is 3.38.